The molecule has 0 radical (unpaired) electrons. The summed E-state index contributed by atoms with van der Waals surface area (Å²) in [4.78, 5) is 14.1. The first kappa shape index (κ1) is 33.3. The Morgan fingerprint density at radius 2 is 1.20 bits per heavy atom. The maximum atomic E-state index is 12.0. The summed E-state index contributed by atoms with van der Waals surface area (Å²) in [6, 6.07) is 26.4. The smallest absolute Gasteiger partial charge is 0.330 e. The van der Waals surface area contributed by atoms with Crippen molar-refractivity contribution < 1.29 is 22.7 Å². The number of esters is 1. The van der Waals surface area contributed by atoms with Gasteiger partial charge >= 0.3 is 5.97 Å². The van der Waals surface area contributed by atoms with E-state index in [1.54, 1.807) is 6.08 Å². The molecule has 3 aromatic carbocycles. The van der Waals surface area contributed by atoms with Gasteiger partial charge in [-0.2, -0.15) is 0 Å². The van der Waals surface area contributed by atoms with Gasteiger partial charge in [-0.1, -0.05) is 106 Å². The van der Waals surface area contributed by atoms with Crippen molar-refractivity contribution in [3.8, 4) is 16.9 Å². The summed E-state index contributed by atoms with van der Waals surface area (Å²) in [5.74, 6) is 1.05. The molecule has 1 aliphatic rings. The molecule has 0 aromatic heterocycles. The Balaban J connectivity index is 0.928. The van der Waals surface area contributed by atoms with Crippen LogP contribution in [0.5, 0.6) is 5.75 Å². The number of carbonyl (C=O) groups is 1. The maximum Gasteiger partial charge on any atom is 0.330 e. The molecule has 0 spiro atoms. The number of hydrogen-bond acceptors (Lipinski definition) is 6. The fourth-order valence-corrected chi connectivity index (χ4v) is 6.54. The summed E-state index contributed by atoms with van der Waals surface area (Å²) < 4.78 is 34.5. The van der Waals surface area contributed by atoms with Gasteiger partial charge in [0, 0.05) is 24.9 Å². The van der Waals surface area contributed by atoms with E-state index < -0.39 is 9.84 Å². The van der Waals surface area contributed by atoms with Crippen LogP contribution in [0, 0.1) is 0 Å². The van der Waals surface area contributed by atoms with E-state index >= 15 is 0 Å². The van der Waals surface area contributed by atoms with Gasteiger partial charge in [-0.25, -0.2) is 13.2 Å². The predicted molar refractivity (Wildman–Crippen MR) is 181 cm³/mol. The second-order valence-corrected chi connectivity index (χ2v) is 13.8. The van der Waals surface area contributed by atoms with E-state index in [0.29, 0.717) is 19.7 Å². The standard InChI is InChI=1S/C37H47NO5S/c39-37(25-18-32-16-19-34(20-17-32)33-14-10-9-11-15-33)43-29-13-8-6-4-2-1-3-5-7-12-28-42-36-23-21-35(22-24-36)38-26-30-44(40,41)31-27-38/h9-11,14-25H,1-8,12-13,26-31H2. The van der Waals surface area contributed by atoms with Crippen LogP contribution in [0.4, 0.5) is 5.69 Å². The van der Waals surface area contributed by atoms with Gasteiger partial charge in [0.2, 0.25) is 0 Å². The molecule has 7 heteroatoms. The highest BCUT2D eigenvalue weighted by molar-refractivity contribution is 7.91. The van der Waals surface area contributed by atoms with Gasteiger partial charge in [0.15, 0.2) is 9.84 Å². The van der Waals surface area contributed by atoms with Gasteiger partial charge < -0.3 is 14.4 Å². The molecule has 44 heavy (non-hydrogen) atoms. The molecule has 236 valence electrons. The Labute approximate surface area is 264 Å². The van der Waals surface area contributed by atoms with Gasteiger partial charge in [0.1, 0.15) is 5.75 Å². The Morgan fingerprint density at radius 1 is 0.659 bits per heavy atom. The minimum Gasteiger partial charge on any atom is -0.494 e. The van der Waals surface area contributed by atoms with Gasteiger partial charge in [-0.05, 0) is 59.9 Å². The number of hydrogen-bond donors (Lipinski definition) is 0. The van der Waals surface area contributed by atoms with Crippen LogP contribution in [0.1, 0.15) is 69.8 Å². The monoisotopic (exact) mass is 617 g/mol. The summed E-state index contributed by atoms with van der Waals surface area (Å²) in [6.07, 6.45) is 15.0. The zero-order chi connectivity index (χ0) is 30.9. The first-order valence-electron chi connectivity index (χ1n) is 16.2. The highest BCUT2D eigenvalue weighted by Gasteiger charge is 2.21. The minimum absolute atomic E-state index is 0.232. The van der Waals surface area contributed by atoms with Crippen LogP contribution in [0.3, 0.4) is 0 Å². The summed E-state index contributed by atoms with van der Waals surface area (Å²) in [7, 11) is -2.86. The zero-order valence-corrected chi connectivity index (χ0v) is 26.7. The van der Waals surface area contributed by atoms with Crippen LogP contribution in [0.15, 0.2) is 84.9 Å². The molecule has 0 N–H and O–H groups in total. The second kappa shape index (κ2) is 18.3. The quantitative estimate of drug-likeness (QED) is 0.0815. The lowest BCUT2D eigenvalue weighted by Gasteiger charge is -2.28. The number of benzene rings is 3. The van der Waals surface area contributed by atoms with Crippen LogP contribution >= 0.6 is 0 Å². The van der Waals surface area contributed by atoms with Crippen molar-refractivity contribution in [3.63, 3.8) is 0 Å². The molecule has 0 unspecified atom stereocenters. The maximum absolute atomic E-state index is 12.0. The zero-order valence-electron chi connectivity index (χ0n) is 25.9. The molecule has 0 saturated carbocycles. The molecule has 1 heterocycles. The third-order valence-electron chi connectivity index (χ3n) is 8.03. The topological polar surface area (TPSA) is 72.9 Å². The van der Waals surface area contributed by atoms with Crippen molar-refractivity contribution in [1.82, 2.24) is 0 Å². The summed E-state index contributed by atoms with van der Waals surface area (Å²) in [5.41, 5.74) is 4.37. The Hall–Kier alpha value is -3.58. The number of sulfone groups is 1. The summed E-state index contributed by atoms with van der Waals surface area (Å²) >= 11 is 0. The van der Waals surface area contributed by atoms with Gasteiger partial charge in [0.25, 0.3) is 0 Å². The van der Waals surface area contributed by atoms with E-state index in [1.165, 1.54) is 56.6 Å². The molecule has 0 amide bonds. The third kappa shape index (κ3) is 12.2. The molecule has 6 nitrogen and oxygen atoms in total. The number of rotatable bonds is 18. The highest BCUT2D eigenvalue weighted by Crippen LogP contribution is 2.22. The summed E-state index contributed by atoms with van der Waals surface area (Å²) in [6.45, 7) is 2.33. The lowest BCUT2D eigenvalue weighted by atomic mass is 10.0. The molecule has 1 aliphatic heterocycles. The molecule has 0 aliphatic carbocycles. The molecular formula is C37H47NO5S. The van der Waals surface area contributed by atoms with Crippen molar-refractivity contribution in [2.45, 2.75) is 64.2 Å². The molecule has 0 atom stereocenters. The predicted octanol–water partition coefficient (Wildman–Crippen LogP) is 8.12. The number of anilines is 1. The summed E-state index contributed by atoms with van der Waals surface area (Å²) in [5, 5.41) is 0. The first-order valence-corrected chi connectivity index (χ1v) is 18.0. The van der Waals surface area contributed by atoms with Gasteiger partial charge in [-0.15, -0.1) is 0 Å². The van der Waals surface area contributed by atoms with E-state index in [1.807, 2.05) is 54.6 Å². The molecule has 3 aromatic rings. The van der Waals surface area contributed by atoms with E-state index in [2.05, 4.69) is 29.2 Å². The molecular weight excluding hydrogens is 570 g/mol. The molecule has 1 saturated heterocycles. The Kier molecular flexibility index (Phi) is 13.8. The average Bonchev–Trinajstić information content (AvgIpc) is 3.05. The van der Waals surface area contributed by atoms with Crippen LogP contribution in [-0.4, -0.2) is 52.2 Å². The Morgan fingerprint density at radius 3 is 1.82 bits per heavy atom. The number of carbonyl (C=O) groups excluding carboxylic acids is 1. The van der Waals surface area contributed by atoms with Crippen molar-refractivity contribution in [1.29, 1.82) is 0 Å². The van der Waals surface area contributed by atoms with Gasteiger partial charge in [-0.3, -0.25) is 0 Å². The highest BCUT2D eigenvalue weighted by atomic mass is 32.2. The lowest BCUT2D eigenvalue weighted by molar-refractivity contribution is -0.137. The fourth-order valence-electron chi connectivity index (χ4n) is 5.33. The average molecular weight is 618 g/mol. The van der Waals surface area contributed by atoms with Crippen LogP contribution in [0.25, 0.3) is 17.2 Å². The minimum atomic E-state index is -2.86. The number of unbranched alkanes of at least 4 members (excludes halogenated alkanes) is 9. The number of ether oxygens (including phenoxy) is 2. The number of nitrogens with zero attached hydrogens (tertiary/aromatic N) is 1. The van der Waals surface area contributed by atoms with Crippen LogP contribution < -0.4 is 9.64 Å². The fraction of sp³-hybridized carbons (Fsp3) is 0.432. The van der Waals surface area contributed by atoms with Gasteiger partial charge in [0.05, 0.1) is 24.7 Å². The molecule has 1 fully saturated rings. The van der Waals surface area contributed by atoms with E-state index in [-0.39, 0.29) is 17.5 Å². The Bertz CT molecular complexity index is 1370. The molecule has 4 rings (SSSR count). The van der Waals surface area contributed by atoms with Crippen molar-refractivity contribution in [2.24, 2.45) is 0 Å². The van der Waals surface area contributed by atoms with Crippen LogP contribution in [-0.2, 0) is 19.4 Å². The SMILES string of the molecule is O=C(C=Cc1ccc(-c2ccccc2)cc1)OCCCCCCCCCCCCOc1ccc(N2CCS(=O)(=O)CC2)cc1. The van der Waals surface area contributed by atoms with E-state index in [9.17, 15) is 13.2 Å². The second-order valence-electron chi connectivity index (χ2n) is 11.5. The molecule has 0 bridgehead atoms. The normalized spacial score (nSPS) is 14.5. The third-order valence-corrected chi connectivity index (χ3v) is 9.64. The lowest BCUT2D eigenvalue weighted by Crippen LogP contribution is -2.40. The first-order chi connectivity index (χ1) is 21.5. The largest absolute Gasteiger partial charge is 0.494 e. The van der Waals surface area contributed by atoms with Crippen molar-refractivity contribution >= 4 is 27.6 Å². The van der Waals surface area contributed by atoms with E-state index in [0.717, 1.165) is 48.4 Å². The van der Waals surface area contributed by atoms with Crippen LogP contribution in [0.2, 0.25) is 0 Å². The van der Waals surface area contributed by atoms with E-state index in [4.69, 9.17) is 9.47 Å². The van der Waals surface area contributed by atoms with Crippen molar-refractivity contribution in [2.75, 3.05) is 42.7 Å². The van der Waals surface area contributed by atoms with Crippen molar-refractivity contribution in [3.05, 3.63) is 90.5 Å².